The van der Waals surface area contributed by atoms with E-state index in [0.29, 0.717) is 6.54 Å². The largest absolute Gasteiger partial charge is 0.396 e. The van der Waals surface area contributed by atoms with Crippen LogP contribution in [0.5, 0.6) is 0 Å². The summed E-state index contributed by atoms with van der Waals surface area (Å²) in [6.07, 6.45) is 1.87. The summed E-state index contributed by atoms with van der Waals surface area (Å²) in [4.78, 5) is 2.23. The van der Waals surface area contributed by atoms with Gasteiger partial charge in [-0.25, -0.2) is 0 Å². The lowest BCUT2D eigenvalue weighted by Gasteiger charge is -2.37. The average Bonchev–Trinajstić information content (AvgIpc) is 2.12. The Hall–Kier alpha value is -0.120. The highest BCUT2D eigenvalue weighted by Crippen LogP contribution is 2.15. The summed E-state index contributed by atoms with van der Waals surface area (Å²) in [6.45, 7) is 6.14. The minimum absolute atomic E-state index is 0.0924. The van der Waals surface area contributed by atoms with Gasteiger partial charge < -0.3 is 10.8 Å². The second-order valence-corrected chi connectivity index (χ2v) is 3.55. The van der Waals surface area contributed by atoms with Gasteiger partial charge in [-0.3, -0.25) is 4.90 Å². The molecule has 0 heterocycles. The molecule has 3 nitrogen and oxygen atoms in total. The molecular formula is C9H22N2O. The molecule has 0 saturated carbocycles. The van der Waals surface area contributed by atoms with Gasteiger partial charge in [0.2, 0.25) is 0 Å². The fraction of sp³-hybridized carbons (Fsp3) is 1.00. The smallest absolute Gasteiger partial charge is 0.0443 e. The monoisotopic (exact) mass is 174 g/mol. The molecule has 0 aliphatic rings. The first kappa shape index (κ1) is 11.9. The molecule has 0 spiro atoms. The molecular weight excluding hydrogens is 152 g/mol. The molecule has 0 bridgehead atoms. The molecule has 12 heavy (non-hydrogen) atoms. The van der Waals surface area contributed by atoms with Gasteiger partial charge in [-0.15, -0.1) is 0 Å². The van der Waals surface area contributed by atoms with E-state index in [-0.39, 0.29) is 12.1 Å². The highest BCUT2D eigenvalue weighted by atomic mass is 16.3. The molecule has 0 aromatic rings. The van der Waals surface area contributed by atoms with Crippen LogP contribution in [0.15, 0.2) is 0 Å². The predicted molar refractivity (Wildman–Crippen MR) is 52.1 cm³/mol. The highest BCUT2D eigenvalue weighted by Gasteiger charge is 2.24. The summed E-state index contributed by atoms with van der Waals surface area (Å²) in [5.74, 6) is 0. The Labute approximate surface area is 75.6 Å². The van der Waals surface area contributed by atoms with Crippen LogP contribution in [0.3, 0.4) is 0 Å². The Kier molecular flexibility index (Phi) is 5.46. The van der Waals surface area contributed by atoms with E-state index in [1.807, 2.05) is 0 Å². The number of nitrogens with zero attached hydrogens (tertiary/aromatic N) is 1. The van der Waals surface area contributed by atoms with E-state index in [4.69, 9.17) is 10.8 Å². The summed E-state index contributed by atoms with van der Waals surface area (Å²) in [6, 6.07) is 0. The van der Waals surface area contributed by atoms with E-state index >= 15 is 0 Å². The lowest BCUT2D eigenvalue weighted by atomic mass is 9.97. The van der Waals surface area contributed by atoms with Crippen LogP contribution in [-0.4, -0.2) is 42.3 Å². The van der Waals surface area contributed by atoms with Crippen LogP contribution in [0.25, 0.3) is 0 Å². The molecule has 0 aliphatic heterocycles. The van der Waals surface area contributed by atoms with Crippen LogP contribution in [-0.2, 0) is 0 Å². The fourth-order valence-electron chi connectivity index (χ4n) is 1.15. The molecule has 0 rings (SSSR count). The summed E-state index contributed by atoms with van der Waals surface area (Å²) in [5, 5.41) is 8.67. The van der Waals surface area contributed by atoms with Crippen LogP contribution < -0.4 is 5.73 Å². The Morgan fingerprint density at radius 2 is 2.08 bits per heavy atom. The van der Waals surface area contributed by atoms with Crippen molar-refractivity contribution in [3.8, 4) is 0 Å². The molecule has 0 aromatic carbocycles. The molecule has 74 valence electrons. The Balaban J connectivity index is 3.93. The third-order valence-corrected chi connectivity index (χ3v) is 2.77. The molecule has 3 heteroatoms. The fourth-order valence-corrected chi connectivity index (χ4v) is 1.15. The van der Waals surface area contributed by atoms with Gasteiger partial charge in [0.05, 0.1) is 0 Å². The van der Waals surface area contributed by atoms with E-state index in [9.17, 15) is 0 Å². The van der Waals surface area contributed by atoms with Crippen molar-refractivity contribution < 1.29 is 5.11 Å². The molecule has 1 atom stereocenters. The maximum atomic E-state index is 8.67. The second kappa shape index (κ2) is 5.51. The zero-order valence-corrected chi connectivity index (χ0v) is 8.51. The SMILES string of the molecule is CCC(C)(CN)N(C)CCCO. The number of aliphatic hydroxyl groups excluding tert-OH is 1. The molecule has 0 radical (unpaired) electrons. The summed E-state index contributed by atoms with van der Waals surface area (Å²) < 4.78 is 0. The summed E-state index contributed by atoms with van der Waals surface area (Å²) >= 11 is 0. The van der Waals surface area contributed by atoms with Crippen LogP contribution in [0.2, 0.25) is 0 Å². The topological polar surface area (TPSA) is 49.5 Å². The quantitative estimate of drug-likeness (QED) is 0.614. The highest BCUT2D eigenvalue weighted by molar-refractivity contribution is 4.83. The van der Waals surface area contributed by atoms with Crippen LogP contribution in [0, 0.1) is 0 Å². The maximum absolute atomic E-state index is 8.67. The van der Waals surface area contributed by atoms with Crippen molar-refractivity contribution in [2.24, 2.45) is 5.73 Å². The zero-order chi connectivity index (χ0) is 9.61. The summed E-state index contributed by atoms with van der Waals surface area (Å²) in [5.41, 5.74) is 5.78. The van der Waals surface area contributed by atoms with Crippen molar-refractivity contribution in [1.29, 1.82) is 0 Å². The first-order valence-corrected chi connectivity index (χ1v) is 4.63. The van der Waals surface area contributed by atoms with Gasteiger partial charge in [-0.2, -0.15) is 0 Å². The Bertz CT molecular complexity index is 113. The van der Waals surface area contributed by atoms with Gasteiger partial charge >= 0.3 is 0 Å². The average molecular weight is 174 g/mol. The predicted octanol–water partition coefficient (Wildman–Crippen LogP) is 0.428. The van der Waals surface area contributed by atoms with Gasteiger partial charge in [0.25, 0.3) is 0 Å². The van der Waals surface area contributed by atoms with E-state index in [1.54, 1.807) is 0 Å². The van der Waals surface area contributed by atoms with Crippen molar-refractivity contribution in [3.05, 3.63) is 0 Å². The molecule has 0 aliphatic carbocycles. The van der Waals surface area contributed by atoms with Crippen molar-refractivity contribution in [2.75, 3.05) is 26.7 Å². The molecule has 3 N–H and O–H groups in total. The van der Waals surface area contributed by atoms with E-state index < -0.39 is 0 Å². The van der Waals surface area contributed by atoms with E-state index in [1.165, 1.54) is 0 Å². The van der Waals surface area contributed by atoms with Crippen molar-refractivity contribution in [1.82, 2.24) is 4.90 Å². The molecule has 0 fully saturated rings. The van der Waals surface area contributed by atoms with Gasteiger partial charge in [0.1, 0.15) is 0 Å². The lowest BCUT2D eigenvalue weighted by molar-refractivity contribution is 0.127. The molecule has 0 saturated heterocycles. The van der Waals surface area contributed by atoms with Crippen molar-refractivity contribution >= 4 is 0 Å². The Morgan fingerprint density at radius 1 is 1.50 bits per heavy atom. The Morgan fingerprint density at radius 3 is 2.42 bits per heavy atom. The third kappa shape index (κ3) is 3.09. The molecule has 1 unspecified atom stereocenters. The first-order valence-electron chi connectivity index (χ1n) is 4.63. The number of hydrogen-bond donors (Lipinski definition) is 2. The maximum Gasteiger partial charge on any atom is 0.0443 e. The molecule has 0 amide bonds. The standard InChI is InChI=1S/C9H22N2O/c1-4-9(2,8-10)11(3)6-5-7-12/h12H,4-8,10H2,1-3H3. The second-order valence-electron chi connectivity index (χ2n) is 3.55. The number of aliphatic hydroxyl groups is 1. The lowest BCUT2D eigenvalue weighted by Crippen LogP contribution is -2.49. The third-order valence-electron chi connectivity index (χ3n) is 2.77. The number of likely N-dealkylation sites (N-methyl/N-ethyl adjacent to an activating group) is 1. The van der Waals surface area contributed by atoms with Gasteiger partial charge in [-0.05, 0) is 26.8 Å². The van der Waals surface area contributed by atoms with Crippen molar-refractivity contribution in [2.45, 2.75) is 32.2 Å². The summed E-state index contributed by atoms with van der Waals surface area (Å²) in [7, 11) is 2.06. The van der Waals surface area contributed by atoms with Crippen LogP contribution >= 0.6 is 0 Å². The first-order chi connectivity index (χ1) is 5.60. The normalized spacial score (nSPS) is 16.5. The number of nitrogens with two attached hydrogens (primary N) is 1. The minimum Gasteiger partial charge on any atom is -0.396 e. The van der Waals surface area contributed by atoms with Crippen LogP contribution in [0.4, 0.5) is 0 Å². The van der Waals surface area contributed by atoms with Crippen LogP contribution in [0.1, 0.15) is 26.7 Å². The number of hydrogen-bond acceptors (Lipinski definition) is 3. The zero-order valence-electron chi connectivity index (χ0n) is 8.51. The van der Waals surface area contributed by atoms with E-state index in [2.05, 4.69) is 25.8 Å². The molecule has 0 aromatic heterocycles. The van der Waals surface area contributed by atoms with Gasteiger partial charge in [-0.1, -0.05) is 6.92 Å². The van der Waals surface area contributed by atoms with Gasteiger partial charge in [0, 0.05) is 25.2 Å². The van der Waals surface area contributed by atoms with Gasteiger partial charge in [0.15, 0.2) is 0 Å². The van der Waals surface area contributed by atoms with E-state index in [0.717, 1.165) is 19.4 Å². The number of rotatable bonds is 6. The minimum atomic E-state index is 0.0924. The van der Waals surface area contributed by atoms with Crippen molar-refractivity contribution in [3.63, 3.8) is 0 Å².